The third-order valence-corrected chi connectivity index (χ3v) is 2.35. The maximum absolute atomic E-state index is 12.0. The molecule has 80 valence electrons. The number of aromatic nitrogens is 1. The molecule has 0 atom stereocenters. The maximum Gasteiger partial charge on any atom is 0.230 e. The van der Waals surface area contributed by atoms with E-state index in [1.54, 1.807) is 30.5 Å². The molecule has 3 heteroatoms. The van der Waals surface area contributed by atoms with Gasteiger partial charge in [0.05, 0.1) is 10.8 Å². The Labute approximate surface area is 92.4 Å². The van der Waals surface area contributed by atoms with Crippen molar-refractivity contribution >= 4 is 22.1 Å². The number of benzene rings is 1. The molecule has 0 aliphatic heterocycles. The van der Waals surface area contributed by atoms with Crippen molar-refractivity contribution < 1.29 is 4.42 Å². The van der Waals surface area contributed by atoms with E-state index in [1.807, 2.05) is 12.1 Å². The molecule has 3 aromatic rings. The molecule has 0 aliphatic carbocycles. The summed E-state index contributed by atoms with van der Waals surface area (Å²) in [6, 6.07) is 10.6. The zero-order valence-corrected chi connectivity index (χ0v) is 7.81. The van der Waals surface area contributed by atoms with Gasteiger partial charge >= 0.3 is 0 Å². The molecule has 0 spiro atoms. The summed E-state index contributed by atoms with van der Waals surface area (Å²) in [6.07, 6.45) is 1.61. The van der Waals surface area contributed by atoms with E-state index in [0.717, 1.165) is 0 Å². The van der Waals surface area contributed by atoms with Gasteiger partial charge in [0.15, 0.2) is 0 Å². The first-order valence-electron chi connectivity index (χ1n) is 4.63. The highest BCUT2D eigenvalue weighted by Gasteiger charge is 2.06. The smallest absolute Gasteiger partial charge is 0.230 e. The minimum Gasteiger partial charge on any atom is -0.437 e. The predicted octanol–water partition coefficient (Wildman–Crippen LogP) is 2.98. The highest BCUT2D eigenvalue weighted by atomic mass is 16.3. The monoisotopic (exact) mass is 213 g/mol. The lowest BCUT2D eigenvalue weighted by Gasteiger charge is -1.98. The Bertz CT molecular complexity index is 644. The summed E-state index contributed by atoms with van der Waals surface area (Å²) in [7, 11) is 0. The number of nitrogens with zero attached hydrogens (tertiary/aromatic N) is 1. The van der Waals surface area contributed by atoms with Crippen LogP contribution in [0.3, 0.4) is 0 Å². The summed E-state index contributed by atoms with van der Waals surface area (Å²) in [5.41, 5.74) is 0.940. The number of hydrogen-bond donors (Lipinski definition) is 0. The molecule has 0 aliphatic rings. The fourth-order valence-corrected chi connectivity index (χ4v) is 1.64. The lowest BCUT2D eigenvalue weighted by atomic mass is 10.2. The van der Waals surface area contributed by atoms with Gasteiger partial charge < -0.3 is 4.42 Å². The Kier molecular flexibility index (Phi) is 2.44. The lowest BCUT2D eigenvalue weighted by Crippen LogP contribution is -2.02. The van der Waals surface area contributed by atoms with Gasteiger partial charge in [-0.1, -0.05) is 19.6 Å². The quantitative estimate of drug-likeness (QED) is 0.539. The topological polar surface area (TPSA) is 43.1 Å². The van der Waals surface area contributed by atoms with Crippen LogP contribution < -0.4 is 5.43 Å². The van der Waals surface area contributed by atoms with E-state index < -0.39 is 0 Å². The van der Waals surface area contributed by atoms with E-state index >= 15 is 0 Å². The van der Waals surface area contributed by atoms with Crippen molar-refractivity contribution in [3.05, 3.63) is 52.8 Å². The first-order chi connectivity index (χ1) is 7.36. The van der Waals surface area contributed by atoms with Crippen LogP contribution >= 0.6 is 0 Å². The van der Waals surface area contributed by atoms with Crippen molar-refractivity contribution in [2.24, 2.45) is 0 Å². The van der Waals surface area contributed by atoms with Crippen LogP contribution in [-0.2, 0) is 0 Å². The van der Waals surface area contributed by atoms with Crippen LogP contribution in [0.5, 0.6) is 0 Å². The first-order valence-corrected chi connectivity index (χ1v) is 4.63. The summed E-state index contributed by atoms with van der Waals surface area (Å²) in [5.74, 6) is 0. The molecule has 3 nitrogen and oxygen atoms in total. The van der Waals surface area contributed by atoms with E-state index in [-0.39, 0.29) is 12.9 Å². The average molecular weight is 213 g/mol. The molecule has 2 aromatic heterocycles. The molecule has 3 rings (SSSR count). The Morgan fingerprint density at radius 2 is 1.75 bits per heavy atom. The minimum atomic E-state index is -0.0278. The molecule has 0 amide bonds. The standard InChI is InChI=1S/C12H7NO2.CH4/c14-11-8-4-1-2-6-10(8)15-12-9(11)5-3-7-13-12;/h1-7H;1H4. The van der Waals surface area contributed by atoms with E-state index in [0.29, 0.717) is 22.1 Å². The van der Waals surface area contributed by atoms with E-state index in [4.69, 9.17) is 4.42 Å². The summed E-state index contributed by atoms with van der Waals surface area (Å²) in [4.78, 5) is 16.0. The third kappa shape index (κ3) is 1.37. The molecule has 0 radical (unpaired) electrons. The summed E-state index contributed by atoms with van der Waals surface area (Å²) in [5, 5.41) is 1.12. The third-order valence-electron chi connectivity index (χ3n) is 2.35. The molecular weight excluding hydrogens is 202 g/mol. The molecule has 16 heavy (non-hydrogen) atoms. The minimum absolute atomic E-state index is 0. The first kappa shape index (κ1) is 10.4. The summed E-state index contributed by atoms with van der Waals surface area (Å²) >= 11 is 0. The molecule has 2 heterocycles. The van der Waals surface area contributed by atoms with Gasteiger partial charge in [0.1, 0.15) is 5.58 Å². The van der Waals surface area contributed by atoms with Crippen LogP contribution in [0.1, 0.15) is 7.43 Å². The van der Waals surface area contributed by atoms with Crippen molar-refractivity contribution in [3.63, 3.8) is 0 Å². The number of pyridine rings is 1. The summed E-state index contributed by atoms with van der Waals surface area (Å²) < 4.78 is 5.52. The number of rotatable bonds is 0. The Balaban J connectivity index is 0.000000963. The van der Waals surface area contributed by atoms with Crippen molar-refractivity contribution in [1.29, 1.82) is 0 Å². The van der Waals surface area contributed by atoms with Crippen LogP contribution in [0.25, 0.3) is 22.1 Å². The van der Waals surface area contributed by atoms with Crippen molar-refractivity contribution in [2.75, 3.05) is 0 Å². The Morgan fingerprint density at radius 1 is 1.00 bits per heavy atom. The second-order valence-electron chi connectivity index (χ2n) is 3.28. The highest BCUT2D eigenvalue weighted by molar-refractivity contribution is 5.87. The molecule has 1 aromatic carbocycles. The van der Waals surface area contributed by atoms with Gasteiger partial charge in [-0.3, -0.25) is 4.79 Å². The van der Waals surface area contributed by atoms with Gasteiger partial charge in [0.25, 0.3) is 0 Å². The molecule has 0 bridgehead atoms. The van der Waals surface area contributed by atoms with Gasteiger partial charge in [0.2, 0.25) is 11.1 Å². The zero-order valence-electron chi connectivity index (χ0n) is 7.81. The van der Waals surface area contributed by atoms with Crippen LogP contribution in [-0.4, -0.2) is 4.98 Å². The second kappa shape index (κ2) is 3.77. The van der Waals surface area contributed by atoms with E-state index in [9.17, 15) is 4.79 Å². The van der Waals surface area contributed by atoms with Gasteiger partial charge in [-0.25, -0.2) is 4.98 Å². The van der Waals surface area contributed by atoms with Gasteiger partial charge in [-0.2, -0.15) is 0 Å². The van der Waals surface area contributed by atoms with Crippen molar-refractivity contribution in [2.45, 2.75) is 7.43 Å². The SMILES string of the molecule is C.O=c1c2ccccc2oc2ncccc12. The second-order valence-corrected chi connectivity index (χ2v) is 3.28. The lowest BCUT2D eigenvalue weighted by molar-refractivity contribution is 0.645. The Morgan fingerprint density at radius 3 is 2.62 bits per heavy atom. The van der Waals surface area contributed by atoms with Gasteiger partial charge in [-0.05, 0) is 24.3 Å². The fourth-order valence-electron chi connectivity index (χ4n) is 1.64. The molecule has 0 saturated heterocycles. The van der Waals surface area contributed by atoms with E-state index in [1.165, 1.54) is 0 Å². The molecule has 0 unspecified atom stereocenters. The Hall–Kier alpha value is -2.16. The fraction of sp³-hybridized carbons (Fsp3) is 0.0769. The van der Waals surface area contributed by atoms with Crippen molar-refractivity contribution in [1.82, 2.24) is 4.98 Å². The predicted molar refractivity (Wildman–Crippen MR) is 64.5 cm³/mol. The van der Waals surface area contributed by atoms with Crippen LogP contribution in [0.2, 0.25) is 0 Å². The zero-order chi connectivity index (χ0) is 10.3. The number of fused-ring (bicyclic) bond motifs is 2. The number of para-hydroxylation sites is 1. The van der Waals surface area contributed by atoms with Crippen LogP contribution in [0, 0.1) is 0 Å². The van der Waals surface area contributed by atoms with Crippen molar-refractivity contribution in [3.8, 4) is 0 Å². The van der Waals surface area contributed by atoms with Crippen LogP contribution in [0.15, 0.2) is 51.8 Å². The number of hydrogen-bond acceptors (Lipinski definition) is 3. The normalized spacial score (nSPS) is 10.2. The molecular formula is C13H11NO2. The van der Waals surface area contributed by atoms with E-state index in [2.05, 4.69) is 4.98 Å². The largest absolute Gasteiger partial charge is 0.437 e. The van der Waals surface area contributed by atoms with Gasteiger partial charge in [0, 0.05) is 6.20 Å². The highest BCUT2D eigenvalue weighted by Crippen LogP contribution is 2.15. The molecule has 0 fully saturated rings. The van der Waals surface area contributed by atoms with Gasteiger partial charge in [-0.15, -0.1) is 0 Å². The maximum atomic E-state index is 12.0. The molecule has 0 saturated carbocycles. The average Bonchev–Trinajstić information content (AvgIpc) is 2.30. The van der Waals surface area contributed by atoms with Crippen LogP contribution in [0.4, 0.5) is 0 Å². The summed E-state index contributed by atoms with van der Waals surface area (Å²) in [6.45, 7) is 0. The molecule has 0 N–H and O–H groups in total.